The van der Waals surface area contributed by atoms with Gasteiger partial charge in [-0.05, 0) is 5.92 Å². The Bertz CT molecular complexity index is 179. The highest BCUT2D eigenvalue weighted by molar-refractivity contribution is 5.85. The number of rotatable bonds is 3. The molecule has 0 rings (SSSR count). The molecule has 0 heterocycles. The largest absolute Gasteiger partial charge is 0.465 e. The van der Waals surface area contributed by atoms with Gasteiger partial charge in [-0.2, -0.15) is 0 Å². The van der Waals surface area contributed by atoms with Crippen LogP contribution in [0.4, 0.5) is 4.79 Å². The van der Waals surface area contributed by atoms with Crippen molar-refractivity contribution in [2.75, 3.05) is 7.05 Å². The van der Waals surface area contributed by atoms with Crippen molar-refractivity contribution < 1.29 is 14.7 Å². The van der Waals surface area contributed by atoms with Crippen molar-refractivity contribution in [3.05, 3.63) is 0 Å². The fourth-order valence-electron chi connectivity index (χ4n) is 0.823. The summed E-state index contributed by atoms with van der Waals surface area (Å²) in [6.45, 7) is 3.55. The van der Waals surface area contributed by atoms with E-state index in [4.69, 9.17) is 5.11 Å². The predicted molar refractivity (Wildman–Crippen MR) is 43.9 cm³/mol. The zero-order valence-electron chi connectivity index (χ0n) is 7.42. The number of carbonyl (C=O) groups is 2. The molecule has 0 unspecified atom stereocenters. The molecule has 0 aliphatic carbocycles. The number of nitrogens with one attached hydrogen (secondary N) is 2. The highest BCUT2D eigenvalue weighted by Gasteiger charge is 2.22. The fraction of sp³-hybridized carbons (Fsp3) is 0.714. The summed E-state index contributed by atoms with van der Waals surface area (Å²) in [5.41, 5.74) is 0. The smallest absolute Gasteiger partial charge is 0.405 e. The molecule has 0 aliphatic rings. The number of likely N-dealkylation sites (N-methyl/N-ethyl adjacent to an activating group) is 1. The minimum atomic E-state index is -1.18. The van der Waals surface area contributed by atoms with Gasteiger partial charge in [0.1, 0.15) is 6.04 Å². The highest BCUT2D eigenvalue weighted by Crippen LogP contribution is 2.00. The topological polar surface area (TPSA) is 78.4 Å². The van der Waals surface area contributed by atoms with Crippen molar-refractivity contribution in [1.82, 2.24) is 10.6 Å². The molecule has 0 spiro atoms. The Hall–Kier alpha value is -1.26. The first kappa shape index (κ1) is 10.7. The second-order valence-electron chi connectivity index (χ2n) is 2.79. The van der Waals surface area contributed by atoms with Crippen molar-refractivity contribution in [2.24, 2.45) is 5.92 Å². The van der Waals surface area contributed by atoms with Crippen LogP contribution in [0.2, 0.25) is 0 Å². The normalized spacial score (nSPS) is 12.3. The van der Waals surface area contributed by atoms with Crippen molar-refractivity contribution >= 4 is 12.0 Å². The van der Waals surface area contributed by atoms with Crippen LogP contribution >= 0.6 is 0 Å². The lowest BCUT2D eigenvalue weighted by atomic mass is 10.0. The summed E-state index contributed by atoms with van der Waals surface area (Å²) in [5, 5.41) is 12.9. The number of amides is 2. The molecule has 5 nitrogen and oxygen atoms in total. The Morgan fingerprint density at radius 3 is 2.08 bits per heavy atom. The zero-order chi connectivity index (χ0) is 9.72. The maximum Gasteiger partial charge on any atom is 0.405 e. The maximum absolute atomic E-state index is 11.1. The van der Waals surface area contributed by atoms with Crippen LogP contribution in [0.15, 0.2) is 0 Å². The Kier molecular flexibility index (Phi) is 4.10. The van der Waals surface area contributed by atoms with Gasteiger partial charge in [0.2, 0.25) is 5.91 Å². The third kappa shape index (κ3) is 3.23. The minimum Gasteiger partial charge on any atom is -0.465 e. The van der Waals surface area contributed by atoms with Gasteiger partial charge in [-0.25, -0.2) is 4.79 Å². The van der Waals surface area contributed by atoms with E-state index in [0.29, 0.717) is 0 Å². The summed E-state index contributed by atoms with van der Waals surface area (Å²) in [4.78, 5) is 21.3. The molecule has 0 aromatic rings. The lowest BCUT2D eigenvalue weighted by Crippen LogP contribution is -2.48. The van der Waals surface area contributed by atoms with Crippen LogP contribution < -0.4 is 10.6 Å². The van der Waals surface area contributed by atoms with Crippen LogP contribution in [-0.4, -0.2) is 30.2 Å². The Morgan fingerprint density at radius 1 is 1.33 bits per heavy atom. The third-order valence-electron chi connectivity index (χ3n) is 1.47. The van der Waals surface area contributed by atoms with E-state index >= 15 is 0 Å². The van der Waals surface area contributed by atoms with Crippen molar-refractivity contribution in [3.8, 4) is 0 Å². The van der Waals surface area contributed by atoms with E-state index in [1.807, 2.05) is 0 Å². The number of hydrogen-bond donors (Lipinski definition) is 3. The molecule has 0 saturated heterocycles. The number of hydrogen-bond acceptors (Lipinski definition) is 2. The van der Waals surface area contributed by atoms with E-state index in [1.54, 1.807) is 13.8 Å². The summed E-state index contributed by atoms with van der Waals surface area (Å²) in [6.07, 6.45) is -1.18. The molecular weight excluding hydrogens is 160 g/mol. The number of carbonyl (C=O) groups excluding carboxylic acids is 1. The lowest BCUT2D eigenvalue weighted by molar-refractivity contribution is -0.123. The van der Waals surface area contributed by atoms with E-state index in [2.05, 4.69) is 10.6 Å². The van der Waals surface area contributed by atoms with Crippen molar-refractivity contribution in [2.45, 2.75) is 19.9 Å². The van der Waals surface area contributed by atoms with Gasteiger partial charge in [0, 0.05) is 7.05 Å². The average Bonchev–Trinajstić information content (AvgIpc) is 1.98. The lowest BCUT2D eigenvalue weighted by Gasteiger charge is -2.18. The molecule has 0 bridgehead atoms. The van der Waals surface area contributed by atoms with Gasteiger partial charge in [-0.3, -0.25) is 4.79 Å². The maximum atomic E-state index is 11.1. The molecule has 70 valence electrons. The van der Waals surface area contributed by atoms with Crippen LogP contribution in [0.5, 0.6) is 0 Å². The van der Waals surface area contributed by atoms with Crippen LogP contribution in [0.3, 0.4) is 0 Å². The minimum absolute atomic E-state index is 0.0546. The Balaban J connectivity index is 4.23. The van der Waals surface area contributed by atoms with E-state index in [0.717, 1.165) is 0 Å². The van der Waals surface area contributed by atoms with Crippen LogP contribution in [0.25, 0.3) is 0 Å². The van der Waals surface area contributed by atoms with E-state index < -0.39 is 12.1 Å². The Labute approximate surface area is 71.1 Å². The molecule has 0 radical (unpaired) electrons. The van der Waals surface area contributed by atoms with Crippen LogP contribution in [-0.2, 0) is 4.79 Å². The molecule has 0 saturated carbocycles. The van der Waals surface area contributed by atoms with E-state index in [9.17, 15) is 9.59 Å². The fourth-order valence-corrected chi connectivity index (χ4v) is 0.823. The molecule has 0 aromatic heterocycles. The molecule has 0 fully saturated rings. The number of carboxylic acid groups (broad SMARTS) is 1. The quantitative estimate of drug-likeness (QED) is 0.564. The summed E-state index contributed by atoms with van der Waals surface area (Å²) in [7, 11) is 1.47. The molecular formula is C7H14N2O3. The molecule has 0 aliphatic heterocycles. The van der Waals surface area contributed by atoms with Crippen LogP contribution in [0, 0.1) is 5.92 Å². The second kappa shape index (κ2) is 4.58. The average molecular weight is 174 g/mol. The standard InChI is InChI=1S/C7H14N2O3/c1-4(2)5(6(10)8-3)9-7(11)12/h4-5,9H,1-3H3,(H,8,10)(H,11,12)/t5-/m1/s1. The molecule has 1 atom stereocenters. The first-order valence-corrected chi connectivity index (χ1v) is 3.70. The van der Waals surface area contributed by atoms with Gasteiger partial charge in [0.05, 0.1) is 0 Å². The van der Waals surface area contributed by atoms with Gasteiger partial charge >= 0.3 is 6.09 Å². The second-order valence-corrected chi connectivity index (χ2v) is 2.79. The first-order chi connectivity index (χ1) is 5.49. The van der Waals surface area contributed by atoms with E-state index in [-0.39, 0.29) is 11.8 Å². The van der Waals surface area contributed by atoms with Gasteiger partial charge in [-0.1, -0.05) is 13.8 Å². The van der Waals surface area contributed by atoms with E-state index in [1.165, 1.54) is 7.05 Å². The summed E-state index contributed by atoms with van der Waals surface area (Å²) < 4.78 is 0. The highest BCUT2D eigenvalue weighted by atomic mass is 16.4. The monoisotopic (exact) mass is 174 g/mol. The van der Waals surface area contributed by atoms with Gasteiger partial charge in [-0.15, -0.1) is 0 Å². The summed E-state index contributed by atoms with van der Waals surface area (Å²) in [6, 6.07) is -0.674. The van der Waals surface area contributed by atoms with Crippen molar-refractivity contribution in [3.63, 3.8) is 0 Å². The third-order valence-corrected chi connectivity index (χ3v) is 1.47. The van der Waals surface area contributed by atoms with Gasteiger partial charge in [0.25, 0.3) is 0 Å². The molecule has 12 heavy (non-hydrogen) atoms. The predicted octanol–water partition coefficient (Wildman–Crippen LogP) is 0.0246. The molecule has 2 amide bonds. The summed E-state index contributed by atoms with van der Waals surface area (Å²) in [5.74, 6) is -0.367. The van der Waals surface area contributed by atoms with Crippen molar-refractivity contribution in [1.29, 1.82) is 0 Å². The molecule has 3 N–H and O–H groups in total. The van der Waals surface area contributed by atoms with Crippen LogP contribution in [0.1, 0.15) is 13.8 Å². The Morgan fingerprint density at radius 2 is 1.83 bits per heavy atom. The van der Waals surface area contributed by atoms with Gasteiger partial charge < -0.3 is 15.7 Å². The van der Waals surface area contributed by atoms with Gasteiger partial charge in [0.15, 0.2) is 0 Å². The summed E-state index contributed by atoms with van der Waals surface area (Å²) >= 11 is 0. The zero-order valence-corrected chi connectivity index (χ0v) is 7.42. The molecule has 0 aromatic carbocycles. The SMILES string of the molecule is CNC(=O)[C@H](NC(=O)O)C(C)C. The first-order valence-electron chi connectivity index (χ1n) is 3.70. The molecule has 5 heteroatoms.